The molecule has 0 aliphatic carbocycles. The Kier molecular flexibility index (Phi) is 6.08. The number of carbonyl (C=O) groups excluding carboxylic acids is 1. The highest BCUT2D eigenvalue weighted by molar-refractivity contribution is 5.96. The van der Waals surface area contributed by atoms with Crippen LogP contribution in [0.1, 0.15) is 46.3 Å². The molecule has 0 N–H and O–H groups in total. The molecule has 5 rings (SSSR count). The molecule has 4 aromatic rings. The maximum absolute atomic E-state index is 13.7. The molecule has 0 spiro atoms. The minimum absolute atomic E-state index is 0.0421. The van der Waals surface area contributed by atoms with Gasteiger partial charge in [-0.3, -0.25) is 4.79 Å². The summed E-state index contributed by atoms with van der Waals surface area (Å²) in [7, 11) is 1.65. The molecule has 1 unspecified atom stereocenters. The normalized spacial score (nSPS) is 15.5. The molecular formula is C27H27N5O2. The predicted molar refractivity (Wildman–Crippen MR) is 130 cm³/mol. The maximum atomic E-state index is 13.7. The fraction of sp³-hybridized carbons (Fsp3) is 0.259. The first-order valence-electron chi connectivity index (χ1n) is 11.5. The topological polar surface area (TPSA) is 73.1 Å². The molecule has 7 heteroatoms. The Morgan fingerprint density at radius 1 is 1.06 bits per heavy atom. The van der Waals surface area contributed by atoms with Gasteiger partial charge in [0.15, 0.2) is 5.82 Å². The van der Waals surface area contributed by atoms with Gasteiger partial charge in [-0.15, -0.1) is 0 Å². The summed E-state index contributed by atoms with van der Waals surface area (Å²) in [5, 5.41) is 0. The quantitative estimate of drug-likeness (QED) is 0.424. The molecule has 0 saturated carbocycles. The molecule has 1 atom stereocenters. The first-order chi connectivity index (χ1) is 16.6. The van der Waals surface area contributed by atoms with Crippen molar-refractivity contribution in [1.29, 1.82) is 0 Å². The fourth-order valence-corrected chi connectivity index (χ4v) is 4.53. The van der Waals surface area contributed by atoms with Crippen molar-refractivity contribution in [2.45, 2.75) is 32.4 Å². The summed E-state index contributed by atoms with van der Waals surface area (Å²) in [4.78, 5) is 29.3. The number of likely N-dealkylation sites (tertiary alicyclic amines) is 1. The van der Waals surface area contributed by atoms with Crippen LogP contribution in [0.3, 0.4) is 0 Å². The van der Waals surface area contributed by atoms with E-state index in [4.69, 9.17) is 9.72 Å². The molecule has 3 heterocycles. The lowest BCUT2D eigenvalue weighted by Gasteiger charge is -2.25. The number of hydrogen-bond donors (Lipinski definition) is 0. The zero-order valence-corrected chi connectivity index (χ0v) is 19.4. The van der Waals surface area contributed by atoms with Crippen LogP contribution in [-0.2, 0) is 6.54 Å². The summed E-state index contributed by atoms with van der Waals surface area (Å²) in [6.07, 6.45) is 7.33. The minimum atomic E-state index is -0.0736. The van der Waals surface area contributed by atoms with Crippen molar-refractivity contribution in [2.75, 3.05) is 13.7 Å². The van der Waals surface area contributed by atoms with Crippen molar-refractivity contribution < 1.29 is 9.53 Å². The number of aryl methyl sites for hydroxylation is 1. The number of amides is 1. The average Bonchev–Trinajstić information content (AvgIpc) is 3.53. The summed E-state index contributed by atoms with van der Waals surface area (Å²) in [5.41, 5.74) is 3.50. The van der Waals surface area contributed by atoms with Gasteiger partial charge in [0.1, 0.15) is 11.6 Å². The van der Waals surface area contributed by atoms with Crippen LogP contribution < -0.4 is 4.74 Å². The Hall–Kier alpha value is -4.00. The standard InChI is InChI=1S/C27H27N5O2/c1-19-28-15-17-31(19)18-21-6-3-4-7-23(21)27(33)32-16-5-8-25(32)24-13-14-29-26(30-24)20-9-11-22(34-2)12-10-20/h3-4,6-7,9-15,17,25H,5,8,16,18H2,1-2H3. The Morgan fingerprint density at radius 2 is 1.88 bits per heavy atom. The number of imidazole rings is 1. The maximum Gasteiger partial charge on any atom is 0.254 e. The van der Waals surface area contributed by atoms with Crippen LogP contribution in [0.15, 0.2) is 73.2 Å². The number of carbonyl (C=O) groups is 1. The Morgan fingerprint density at radius 3 is 2.65 bits per heavy atom. The SMILES string of the molecule is COc1ccc(-c2nccc(C3CCCN3C(=O)c3ccccc3Cn3ccnc3C)n2)cc1. The van der Waals surface area contributed by atoms with Crippen molar-refractivity contribution in [2.24, 2.45) is 0 Å². The second-order valence-corrected chi connectivity index (χ2v) is 8.45. The highest BCUT2D eigenvalue weighted by Crippen LogP contribution is 2.33. The first-order valence-corrected chi connectivity index (χ1v) is 11.5. The van der Waals surface area contributed by atoms with Gasteiger partial charge >= 0.3 is 0 Å². The van der Waals surface area contributed by atoms with Gasteiger partial charge < -0.3 is 14.2 Å². The third-order valence-corrected chi connectivity index (χ3v) is 6.39. The number of ether oxygens (including phenoxy) is 1. The lowest BCUT2D eigenvalue weighted by molar-refractivity contribution is 0.0731. The fourth-order valence-electron chi connectivity index (χ4n) is 4.53. The minimum Gasteiger partial charge on any atom is -0.497 e. The zero-order valence-electron chi connectivity index (χ0n) is 19.4. The summed E-state index contributed by atoms with van der Waals surface area (Å²) >= 11 is 0. The Labute approximate surface area is 199 Å². The number of benzene rings is 2. The molecule has 34 heavy (non-hydrogen) atoms. The van der Waals surface area contributed by atoms with Gasteiger partial charge in [-0.1, -0.05) is 18.2 Å². The van der Waals surface area contributed by atoms with Gasteiger partial charge in [0.2, 0.25) is 0 Å². The molecule has 7 nitrogen and oxygen atoms in total. The van der Waals surface area contributed by atoms with Crippen LogP contribution in [0.2, 0.25) is 0 Å². The van der Waals surface area contributed by atoms with E-state index >= 15 is 0 Å². The van der Waals surface area contributed by atoms with E-state index in [2.05, 4.69) is 14.5 Å². The van der Waals surface area contributed by atoms with E-state index < -0.39 is 0 Å². The largest absolute Gasteiger partial charge is 0.497 e. The van der Waals surface area contributed by atoms with E-state index in [0.717, 1.165) is 46.8 Å². The number of rotatable bonds is 6. The van der Waals surface area contributed by atoms with Gasteiger partial charge in [-0.05, 0) is 61.7 Å². The van der Waals surface area contributed by atoms with Crippen LogP contribution in [0.5, 0.6) is 5.75 Å². The molecule has 2 aromatic heterocycles. The van der Waals surface area contributed by atoms with Crippen LogP contribution in [0.4, 0.5) is 0 Å². The summed E-state index contributed by atoms with van der Waals surface area (Å²) in [6, 6.07) is 17.4. The molecule has 2 aromatic carbocycles. The molecule has 0 bridgehead atoms. The Bertz CT molecular complexity index is 1300. The second-order valence-electron chi connectivity index (χ2n) is 8.45. The lowest BCUT2D eigenvalue weighted by atomic mass is 10.0. The Balaban J connectivity index is 1.42. The molecule has 1 aliphatic rings. The number of hydrogen-bond acceptors (Lipinski definition) is 5. The van der Waals surface area contributed by atoms with Gasteiger partial charge in [0.05, 0.1) is 18.8 Å². The number of aromatic nitrogens is 4. The van der Waals surface area contributed by atoms with Gasteiger partial charge in [-0.25, -0.2) is 15.0 Å². The van der Waals surface area contributed by atoms with E-state index in [9.17, 15) is 4.79 Å². The molecular weight excluding hydrogens is 426 g/mol. The zero-order chi connectivity index (χ0) is 23.5. The summed E-state index contributed by atoms with van der Waals surface area (Å²) in [6.45, 7) is 3.29. The molecule has 172 valence electrons. The number of methoxy groups -OCH3 is 1. The lowest BCUT2D eigenvalue weighted by Crippen LogP contribution is -2.32. The average molecular weight is 454 g/mol. The van der Waals surface area contributed by atoms with Crippen LogP contribution in [0.25, 0.3) is 11.4 Å². The molecule has 1 aliphatic heterocycles. The van der Waals surface area contributed by atoms with E-state index in [1.807, 2.05) is 72.6 Å². The van der Waals surface area contributed by atoms with Gasteiger partial charge in [0, 0.05) is 42.8 Å². The van der Waals surface area contributed by atoms with Crippen molar-refractivity contribution in [3.8, 4) is 17.1 Å². The molecule has 1 amide bonds. The predicted octanol–water partition coefficient (Wildman–Crippen LogP) is 4.68. The van der Waals surface area contributed by atoms with Crippen LogP contribution >= 0.6 is 0 Å². The molecule has 0 radical (unpaired) electrons. The first kappa shape index (κ1) is 21.8. The second kappa shape index (κ2) is 9.47. The monoisotopic (exact) mass is 453 g/mol. The highest BCUT2D eigenvalue weighted by atomic mass is 16.5. The van der Waals surface area contributed by atoms with Crippen molar-refractivity contribution in [1.82, 2.24) is 24.4 Å². The van der Waals surface area contributed by atoms with E-state index in [0.29, 0.717) is 18.9 Å². The van der Waals surface area contributed by atoms with Gasteiger partial charge in [0.25, 0.3) is 5.91 Å². The summed E-state index contributed by atoms with van der Waals surface area (Å²) < 4.78 is 7.31. The molecule has 1 fully saturated rings. The van der Waals surface area contributed by atoms with E-state index in [1.165, 1.54) is 0 Å². The van der Waals surface area contributed by atoms with E-state index in [-0.39, 0.29) is 11.9 Å². The third-order valence-electron chi connectivity index (χ3n) is 6.39. The van der Waals surface area contributed by atoms with Gasteiger partial charge in [-0.2, -0.15) is 0 Å². The smallest absolute Gasteiger partial charge is 0.254 e. The van der Waals surface area contributed by atoms with Crippen molar-refractivity contribution in [3.05, 3.63) is 95.8 Å². The number of nitrogens with zero attached hydrogens (tertiary/aromatic N) is 5. The van der Waals surface area contributed by atoms with Crippen LogP contribution in [0, 0.1) is 6.92 Å². The van der Waals surface area contributed by atoms with E-state index in [1.54, 1.807) is 19.5 Å². The highest BCUT2D eigenvalue weighted by Gasteiger charge is 2.32. The van der Waals surface area contributed by atoms with Crippen molar-refractivity contribution in [3.63, 3.8) is 0 Å². The molecule has 1 saturated heterocycles. The summed E-state index contributed by atoms with van der Waals surface area (Å²) in [5.74, 6) is 2.40. The van der Waals surface area contributed by atoms with Crippen LogP contribution in [-0.4, -0.2) is 44.0 Å². The third kappa shape index (κ3) is 4.29. The van der Waals surface area contributed by atoms with Crippen molar-refractivity contribution >= 4 is 5.91 Å².